The fraction of sp³-hybridized carbons (Fsp3) is 0.261. The molecule has 0 fully saturated rings. The van der Waals surface area contributed by atoms with Crippen molar-refractivity contribution < 1.29 is 4.79 Å². The molecule has 1 amide bonds. The summed E-state index contributed by atoms with van der Waals surface area (Å²) in [6.45, 7) is 7.04. The first-order chi connectivity index (χ1) is 15.7. The molecule has 33 heavy (non-hydrogen) atoms. The lowest BCUT2D eigenvalue weighted by molar-refractivity contribution is -0.119. The van der Waals surface area contributed by atoms with Crippen molar-refractivity contribution in [1.82, 2.24) is 28.9 Å². The van der Waals surface area contributed by atoms with Crippen molar-refractivity contribution in [2.24, 2.45) is 7.05 Å². The number of aryl methyl sites for hydroxylation is 2. The van der Waals surface area contributed by atoms with E-state index in [9.17, 15) is 14.4 Å². The van der Waals surface area contributed by atoms with E-state index in [1.54, 1.807) is 36.3 Å². The fourth-order valence-electron chi connectivity index (χ4n) is 3.72. The molecule has 0 bridgehead atoms. The highest BCUT2D eigenvalue weighted by Gasteiger charge is 2.23. The normalized spacial score (nSPS) is 12.0. The molecular formula is C23H25N7O3. The van der Waals surface area contributed by atoms with Crippen LogP contribution in [-0.2, 0) is 11.8 Å². The molecule has 1 atom stereocenters. The van der Waals surface area contributed by atoms with Crippen molar-refractivity contribution in [2.45, 2.75) is 33.7 Å². The second-order valence-electron chi connectivity index (χ2n) is 7.91. The molecule has 4 rings (SSSR count). The van der Waals surface area contributed by atoms with E-state index in [-0.39, 0.29) is 11.2 Å². The van der Waals surface area contributed by atoms with Gasteiger partial charge in [0, 0.05) is 18.8 Å². The highest BCUT2D eigenvalue weighted by Crippen LogP contribution is 2.16. The van der Waals surface area contributed by atoms with Gasteiger partial charge in [-0.2, -0.15) is 5.10 Å². The van der Waals surface area contributed by atoms with Crippen molar-refractivity contribution in [3.05, 3.63) is 86.3 Å². The molecule has 0 radical (unpaired) electrons. The minimum Gasteiger partial charge on any atom is -0.318 e. The number of nitrogens with one attached hydrogen (secondary N) is 1. The summed E-state index contributed by atoms with van der Waals surface area (Å²) in [6, 6.07) is 13.0. The van der Waals surface area contributed by atoms with Crippen molar-refractivity contribution in [2.75, 3.05) is 5.32 Å². The van der Waals surface area contributed by atoms with Crippen molar-refractivity contribution in [1.29, 1.82) is 0 Å². The Balaban J connectivity index is 1.67. The van der Waals surface area contributed by atoms with Crippen LogP contribution in [0, 0.1) is 20.8 Å². The van der Waals surface area contributed by atoms with E-state index in [1.807, 2.05) is 50.2 Å². The Bertz CT molecular complexity index is 1460. The molecule has 1 aromatic carbocycles. The summed E-state index contributed by atoms with van der Waals surface area (Å²) in [5, 5.41) is 11.4. The molecule has 0 aliphatic carbocycles. The third-order valence-corrected chi connectivity index (χ3v) is 5.59. The van der Waals surface area contributed by atoms with Crippen molar-refractivity contribution in [3.8, 4) is 11.5 Å². The minimum atomic E-state index is -0.960. The van der Waals surface area contributed by atoms with E-state index < -0.39 is 17.5 Å². The largest absolute Gasteiger partial charge is 0.318 e. The summed E-state index contributed by atoms with van der Waals surface area (Å²) < 4.78 is 5.85. The molecule has 1 N–H and O–H groups in total. The number of rotatable bonds is 5. The van der Waals surface area contributed by atoms with Gasteiger partial charge in [-0.25, -0.2) is 14.0 Å². The molecule has 170 valence electrons. The first-order valence-electron chi connectivity index (χ1n) is 10.5. The zero-order chi connectivity index (χ0) is 23.9. The molecule has 10 nitrogen and oxygen atoms in total. The Morgan fingerprint density at radius 2 is 1.70 bits per heavy atom. The number of hydrogen-bond acceptors (Lipinski definition) is 5. The molecule has 0 saturated carbocycles. The molecule has 10 heteroatoms. The Kier molecular flexibility index (Phi) is 5.59. The number of nitrogens with zero attached hydrogens (tertiary/aromatic N) is 6. The molecular weight excluding hydrogens is 422 g/mol. The monoisotopic (exact) mass is 447 g/mol. The van der Waals surface area contributed by atoms with Crippen LogP contribution >= 0.6 is 0 Å². The zero-order valence-electron chi connectivity index (χ0n) is 19.1. The van der Waals surface area contributed by atoms with Crippen LogP contribution in [0.3, 0.4) is 0 Å². The predicted molar refractivity (Wildman–Crippen MR) is 124 cm³/mol. The van der Waals surface area contributed by atoms with Gasteiger partial charge in [-0.3, -0.25) is 19.1 Å². The van der Waals surface area contributed by atoms with Gasteiger partial charge in [-0.15, -0.1) is 5.10 Å². The summed E-state index contributed by atoms with van der Waals surface area (Å²) in [6.07, 6.45) is 0. The van der Waals surface area contributed by atoms with Gasteiger partial charge in [-0.1, -0.05) is 18.2 Å². The average molecular weight is 447 g/mol. The van der Waals surface area contributed by atoms with Gasteiger partial charge in [0.2, 0.25) is 5.91 Å². The third kappa shape index (κ3) is 3.91. The van der Waals surface area contributed by atoms with Gasteiger partial charge in [0.15, 0.2) is 5.82 Å². The zero-order valence-corrected chi connectivity index (χ0v) is 19.1. The lowest BCUT2D eigenvalue weighted by Gasteiger charge is -2.14. The Labute approximate surface area is 189 Å². The van der Waals surface area contributed by atoms with E-state index in [1.165, 1.54) is 10.7 Å². The van der Waals surface area contributed by atoms with E-state index >= 15 is 0 Å². The lowest BCUT2D eigenvalue weighted by atomic mass is 10.3. The summed E-state index contributed by atoms with van der Waals surface area (Å²) in [4.78, 5) is 38.6. The predicted octanol–water partition coefficient (Wildman–Crippen LogP) is 2.04. The quantitative estimate of drug-likeness (QED) is 0.504. The fourth-order valence-corrected chi connectivity index (χ4v) is 3.72. The maximum Gasteiger partial charge on any atom is 0.295 e. The molecule has 0 spiro atoms. The van der Waals surface area contributed by atoms with Gasteiger partial charge < -0.3 is 5.32 Å². The summed E-state index contributed by atoms with van der Waals surface area (Å²) in [5.41, 5.74) is 2.28. The first-order valence-corrected chi connectivity index (χ1v) is 10.5. The standard InChI is InChI=1S/C23H25N7O3/c1-14-13-15(2)28(25-14)19-11-12-20(31)29(26-19)17(4)22(32)24-21-16(3)27(5)30(23(21)33)18-9-7-6-8-10-18/h6-13,17H,1-5H3,(H,24,32). The highest BCUT2D eigenvalue weighted by molar-refractivity contribution is 5.93. The summed E-state index contributed by atoms with van der Waals surface area (Å²) in [5.74, 6) is -0.108. The SMILES string of the molecule is Cc1cc(C)n(-c2ccc(=O)n(C(C)C(=O)Nc3c(C)n(C)n(-c4ccccc4)c3=O)n2)n1. The Morgan fingerprint density at radius 3 is 2.33 bits per heavy atom. The average Bonchev–Trinajstić information content (AvgIpc) is 3.24. The minimum absolute atomic E-state index is 0.154. The van der Waals surface area contributed by atoms with Crippen LogP contribution in [0.2, 0.25) is 0 Å². The number of anilines is 1. The summed E-state index contributed by atoms with van der Waals surface area (Å²) in [7, 11) is 1.74. The molecule has 3 aromatic heterocycles. The molecule has 4 aromatic rings. The highest BCUT2D eigenvalue weighted by atomic mass is 16.2. The van der Waals surface area contributed by atoms with Crippen LogP contribution in [0.5, 0.6) is 0 Å². The van der Waals surface area contributed by atoms with Gasteiger partial charge in [0.05, 0.1) is 17.1 Å². The van der Waals surface area contributed by atoms with Gasteiger partial charge in [0.1, 0.15) is 11.7 Å². The van der Waals surface area contributed by atoms with Gasteiger partial charge in [-0.05, 0) is 52.0 Å². The maximum atomic E-state index is 13.1. The number of para-hydroxylation sites is 1. The van der Waals surface area contributed by atoms with Crippen molar-refractivity contribution >= 4 is 11.6 Å². The topological polar surface area (TPSA) is 109 Å². The van der Waals surface area contributed by atoms with E-state index in [4.69, 9.17) is 0 Å². The number of carbonyl (C=O) groups is 1. The number of amides is 1. The third-order valence-electron chi connectivity index (χ3n) is 5.59. The number of benzene rings is 1. The van der Waals surface area contributed by atoms with Gasteiger partial charge in [0.25, 0.3) is 11.1 Å². The molecule has 0 saturated heterocycles. The molecule has 3 heterocycles. The first kappa shape index (κ1) is 22.0. The molecule has 0 aliphatic rings. The Hall–Kier alpha value is -4.21. The van der Waals surface area contributed by atoms with Crippen LogP contribution in [0.4, 0.5) is 5.69 Å². The number of aromatic nitrogens is 6. The summed E-state index contributed by atoms with van der Waals surface area (Å²) >= 11 is 0. The van der Waals surface area contributed by atoms with Crippen molar-refractivity contribution in [3.63, 3.8) is 0 Å². The van der Waals surface area contributed by atoms with Crippen LogP contribution < -0.4 is 16.4 Å². The van der Waals surface area contributed by atoms with E-state index in [0.29, 0.717) is 17.2 Å². The Morgan fingerprint density at radius 1 is 1.00 bits per heavy atom. The molecule has 1 unspecified atom stereocenters. The van der Waals surface area contributed by atoms with Crippen LogP contribution in [-0.4, -0.2) is 34.8 Å². The smallest absolute Gasteiger partial charge is 0.295 e. The maximum absolute atomic E-state index is 13.1. The lowest BCUT2D eigenvalue weighted by Crippen LogP contribution is -2.34. The van der Waals surface area contributed by atoms with Gasteiger partial charge >= 0.3 is 0 Å². The van der Waals surface area contributed by atoms with Crippen LogP contribution in [0.1, 0.15) is 30.0 Å². The number of hydrogen-bond donors (Lipinski definition) is 1. The van der Waals surface area contributed by atoms with E-state index in [2.05, 4.69) is 15.5 Å². The van der Waals surface area contributed by atoms with E-state index in [0.717, 1.165) is 16.1 Å². The second kappa shape index (κ2) is 8.38. The molecule has 0 aliphatic heterocycles. The second-order valence-corrected chi connectivity index (χ2v) is 7.91. The van der Waals surface area contributed by atoms with Crippen LogP contribution in [0.25, 0.3) is 11.5 Å². The number of carbonyl (C=O) groups excluding carboxylic acids is 1. The van der Waals surface area contributed by atoms with Crippen LogP contribution in [0.15, 0.2) is 58.1 Å².